The molecule has 6 heterocycles. The van der Waals surface area contributed by atoms with Gasteiger partial charge in [0.05, 0.1) is 51.3 Å². The quantitative estimate of drug-likeness (QED) is 0.0902. The van der Waals surface area contributed by atoms with Crippen LogP contribution in [0.1, 0.15) is 85.5 Å². The van der Waals surface area contributed by atoms with E-state index in [1.165, 1.54) is 0 Å². The second kappa shape index (κ2) is 21.3. The minimum atomic E-state index is -2.02. The minimum absolute atomic E-state index is 0.130. The summed E-state index contributed by atoms with van der Waals surface area (Å²) in [6, 6.07) is 0. The molecule has 6 saturated heterocycles. The van der Waals surface area contributed by atoms with Crippen LogP contribution in [0, 0.1) is 52.3 Å². The summed E-state index contributed by atoms with van der Waals surface area (Å²) in [5.74, 6) is 2.34. The van der Waals surface area contributed by atoms with Crippen molar-refractivity contribution in [2.75, 3.05) is 33.0 Å². The molecule has 23 heteroatoms. The lowest BCUT2D eigenvalue weighted by Crippen LogP contribution is -2.68. The lowest BCUT2D eigenvalue weighted by atomic mass is 9.44. The van der Waals surface area contributed by atoms with Gasteiger partial charge < -0.3 is 114 Å². The van der Waals surface area contributed by atoms with Gasteiger partial charge in [0.1, 0.15) is 91.6 Å². The normalized spacial score (nSPS) is 58.2. The number of ether oxygens (including phenoxy) is 10. The van der Waals surface area contributed by atoms with Crippen molar-refractivity contribution in [3.63, 3.8) is 0 Å². The van der Waals surface area contributed by atoms with Crippen LogP contribution in [0.15, 0.2) is 0 Å². The molecule has 420 valence electrons. The summed E-state index contributed by atoms with van der Waals surface area (Å²) in [6.07, 6.45) is -27.2. The van der Waals surface area contributed by atoms with Crippen LogP contribution < -0.4 is 0 Å². The summed E-state index contributed by atoms with van der Waals surface area (Å²) < 4.78 is 61.1. The largest absolute Gasteiger partial charge is 0.394 e. The van der Waals surface area contributed by atoms with Crippen molar-refractivity contribution in [3.05, 3.63) is 0 Å². The first kappa shape index (κ1) is 55.4. The molecule has 4 saturated carbocycles. The first-order valence-corrected chi connectivity index (χ1v) is 26.8. The van der Waals surface area contributed by atoms with E-state index in [-0.39, 0.29) is 22.9 Å². The molecule has 0 aromatic heterocycles. The SMILES string of the molecule is CC1C2C(CC3[C@@H]4CCC5C[C@@H](OC6O[C@H](CO)[C@H](O[C@@H]7OC(CO)[C@@H](O)C(O[C@@H]8OC[C@@H](O)C(O)[C@H]8O)[C@H]7OC7O[C@H](CO)C(O)[C@H](O)C7O)[C@H](O)C6O)C(O)C[C@]5(C)C4CC[C@]23C)O[C@]12CC[C@@H](C)CO2. The first-order chi connectivity index (χ1) is 34.7. The predicted octanol–water partition coefficient (Wildman–Crippen LogP) is -3.30. The topological polar surface area (TPSA) is 355 Å². The summed E-state index contributed by atoms with van der Waals surface area (Å²) in [5, 5.41) is 141. The molecule has 23 nitrogen and oxygen atoms in total. The number of aliphatic hydroxyl groups is 13. The summed E-state index contributed by atoms with van der Waals surface area (Å²) >= 11 is 0. The Morgan fingerprint density at radius 2 is 1.15 bits per heavy atom. The predicted molar refractivity (Wildman–Crippen MR) is 244 cm³/mol. The van der Waals surface area contributed by atoms with Crippen molar-refractivity contribution < 1.29 is 114 Å². The van der Waals surface area contributed by atoms with Crippen molar-refractivity contribution in [1.29, 1.82) is 0 Å². The number of rotatable bonds is 11. The first-order valence-electron chi connectivity index (χ1n) is 26.8. The minimum Gasteiger partial charge on any atom is -0.394 e. The Bertz CT molecular complexity index is 1860. The highest BCUT2D eigenvalue weighted by molar-refractivity contribution is 5.16. The molecule has 6 aliphatic heterocycles. The van der Waals surface area contributed by atoms with Gasteiger partial charge in [0.25, 0.3) is 0 Å². The summed E-state index contributed by atoms with van der Waals surface area (Å²) in [6.45, 7) is 7.02. The third kappa shape index (κ3) is 9.49. The van der Waals surface area contributed by atoms with E-state index in [1.807, 2.05) is 0 Å². The molecule has 10 fully saturated rings. The van der Waals surface area contributed by atoms with Gasteiger partial charge in [-0.1, -0.05) is 27.7 Å². The van der Waals surface area contributed by atoms with Crippen LogP contribution >= 0.6 is 0 Å². The molecule has 1 spiro atoms. The molecule has 73 heavy (non-hydrogen) atoms. The molecule has 0 radical (unpaired) electrons. The Balaban J connectivity index is 0.824. The average molecular weight is 1050 g/mol. The molecule has 10 aliphatic rings. The van der Waals surface area contributed by atoms with Gasteiger partial charge in [-0.25, -0.2) is 0 Å². The van der Waals surface area contributed by atoms with Gasteiger partial charge in [-0.15, -0.1) is 0 Å². The Labute approximate surface area is 424 Å². The van der Waals surface area contributed by atoms with E-state index in [0.717, 1.165) is 51.6 Å². The van der Waals surface area contributed by atoms with Gasteiger partial charge in [0.2, 0.25) is 0 Å². The van der Waals surface area contributed by atoms with Gasteiger partial charge in [-0.2, -0.15) is 0 Å². The zero-order valence-electron chi connectivity index (χ0n) is 42.0. The van der Waals surface area contributed by atoms with Crippen LogP contribution in [0.25, 0.3) is 0 Å². The van der Waals surface area contributed by atoms with Gasteiger partial charge in [0, 0.05) is 12.3 Å². The second-order valence-electron chi connectivity index (χ2n) is 24.0. The van der Waals surface area contributed by atoms with E-state index in [0.29, 0.717) is 48.3 Å². The van der Waals surface area contributed by atoms with E-state index in [2.05, 4.69) is 27.7 Å². The second-order valence-corrected chi connectivity index (χ2v) is 24.0. The van der Waals surface area contributed by atoms with Crippen molar-refractivity contribution >= 4 is 0 Å². The molecule has 0 amide bonds. The summed E-state index contributed by atoms with van der Waals surface area (Å²) in [4.78, 5) is 0. The highest BCUT2D eigenvalue weighted by Crippen LogP contribution is 2.71. The highest BCUT2D eigenvalue weighted by Gasteiger charge is 2.70. The Hall–Kier alpha value is -0.920. The maximum atomic E-state index is 12.0. The molecule has 10 rings (SSSR count). The van der Waals surface area contributed by atoms with Crippen LogP contribution in [0.2, 0.25) is 0 Å². The fraction of sp³-hybridized carbons (Fsp3) is 1.00. The summed E-state index contributed by atoms with van der Waals surface area (Å²) in [5.41, 5.74) is -0.0565. The van der Waals surface area contributed by atoms with Crippen molar-refractivity contribution in [1.82, 2.24) is 0 Å². The van der Waals surface area contributed by atoms with Gasteiger partial charge in [-0.3, -0.25) is 0 Å². The zero-order chi connectivity index (χ0) is 52.2. The van der Waals surface area contributed by atoms with Crippen LogP contribution in [-0.4, -0.2) is 240 Å². The van der Waals surface area contributed by atoms with Gasteiger partial charge in [-0.05, 0) is 97.7 Å². The number of fused-ring (bicyclic) bond motifs is 7. The van der Waals surface area contributed by atoms with Crippen molar-refractivity contribution in [2.45, 2.75) is 226 Å². The number of hydrogen-bond acceptors (Lipinski definition) is 23. The number of aliphatic hydroxyl groups excluding tert-OH is 13. The Morgan fingerprint density at radius 3 is 1.85 bits per heavy atom. The summed E-state index contributed by atoms with van der Waals surface area (Å²) in [7, 11) is 0. The van der Waals surface area contributed by atoms with E-state index in [9.17, 15) is 66.4 Å². The van der Waals surface area contributed by atoms with E-state index in [4.69, 9.17) is 47.4 Å². The standard InChI is InChI=1S/C50H82O23/c1-19-7-10-50(65-17-19)20(2)32-28(73-50)12-24-22-6-5-21-11-27(25(54)13-49(21,4)23(22)8-9-48(24,32)3)66-45-40(63)37(60)41(31(16-53)69-45)70-47-43(72-46-39(62)36(59)34(57)29(14-51)67-46)42(35(58)30(15-52)68-47)71-44-38(61)33(56)26(55)18-64-44/h19-47,51-63H,5-18H2,1-4H3/t19-,20?,21?,22-,23?,24?,25?,26-,27-,28?,29-,30?,31-,32?,33?,34?,35-,36+,37-,38-,39?,40?,41+,42?,43-,44+,45?,46?,47+,48+,49+,50-/m1/s1. The van der Waals surface area contributed by atoms with Crippen LogP contribution in [0.4, 0.5) is 0 Å². The molecular formula is C50H82O23. The molecular weight excluding hydrogens is 969 g/mol. The molecule has 32 atom stereocenters. The number of hydrogen-bond donors (Lipinski definition) is 13. The molecule has 13 N–H and O–H groups in total. The average Bonchev–Trinajstić information content (AvgIpc) is 3.82. The smallest absolute Gasteiger partial charge is 0.187 e. The van der Waals surface area contributed by atoms with Crippen molar-refractivity contribution in [2.24, 2.45) is 52.3 Å². The van der Waals surface area contributed by atoms with Gasteiger partial charge in [0.15, 0.2) is 30.9 Å². The third-order valence-corrected chi connectivity index (χ3v) is 20.0. The van der Waals surface area contributed by atoms with Crippen LogP contribution in [0.5, 0.6) is 0 Å². The van der Waals surface area contributed by atoms with E-state index >= 15 is 0 Å². The fourth-order valence-corrected chi connectivity index (χ4v) is 15.9. The van der Waals surface area contributed by atoms with Crippen LogP contribution in [0.3, 0.4) is 0 Å². The van der Waals surface area contributed by atoms with E-state index < -0.39 is 161 Å². The zero-order valence-corrected chi connectivity index (χ0v) is 42.0. The Kier molecular flexibility index (Phi) is 16.1. The van der Waals surface area contributed by atoms with E-state index in [1.54, 1.807) is 0 Å². The van der Waals surface area contributed by atoms with Crippen molar-refractivity contribution in [3.8, 4) is 0 Å². The fourth-order valence-electron chi connectivity index (χ4n) is 15.9. The highest BCUT2D eigenvalue weighted by atomic mass is 16.8. The van der Waals surface area contributed by atoms with Gasteiger partial charge >= 0.3 is 0 Å². The molecule has 4 aliphatic carbocycles. The van der Waals surface area contributed by atoms with Crippen LogP contribution in [-0.2, 0) is 47.4 Å². The maximum absolute atomic E-state index is 12.0. The Morgan fingerprint density at radius 1 is 0.521 bits per heavy atom. The monoisotopic (exact) mass is 1050 g/mol. The molecule has 15 unspecified atom stereocenters. The maximum Gasteiger partial charge on any atom is 0.187 e. The molecule has 0 aromatic rings. The lowest BCUT2D eigenvalue weighted by molar-refractivity contribution is -0.404. The lowest BCUT2D eigenvalue weighted by Gasteiger charge is -2.62. The molecule has 0 aromatic carbocycles. The molecule has 0 bridgehead atoms. The third-order valence-electron chi connectivity index (χ3n) is 20.0.